The molecule has 0 fully saturated rings. The summed E-state index contributed by atoms with van der Waals surface area (Å²) in [5.74, 6) is -0.0804. The molecule has 0 bridgehead atoms. The van der Waals surface area contributed by atoms with E-state index in [2.05, 4.69) is 11.9 Å². The lowest BCUT2D eigenvalue weighted by Gasteiger charge is -2.38. The Morgan fingerprint density at radius 1 is 1.16 bits per heavy atom. The van der Waals surface area contributed by atoms with Crippen LogP contribution in [0.15, 0.2) is 36.4 Å². The van der Waals surface area contributed by atoms with E-state index in [4.69, 9.17) is 4.74 Å². The Labute approximate surface area is 185 Å². The number of allylic oxidation sites excluding steroid dienone is 2. The number of rotatable bonds is 6. The van der Waals surface area contributed by atoms with E-state index < -0.39 is 35.9 Å². The number of halogens is 4. The second-order valence-corrected chi connectivity index (χ2v) is 9.25. The van der Waals surface area contributed by atoms with Gasteiger partial charge in [-0.05, 0) is 47.9 Å². The normalized spacial score (nSPS) is 18.6. The molecular formula is C25H29F4NO2. The van der Waals surface area contributed by atoms with Crippen molar-refractivity contribution in [3.63, 3.8) is 0 Å². The number of ether oxygens (including phenoxy) is 1. The first-order chi connectivity index (χ1) is 14.8. The molecule has 0 saturated carbocycles. The quantitative estimate of drug-likeness (QED) is 0.497. The Kier molecular flexibility index (Phi) is 6.61. The largest absolute Gasteiger partial charge is 0.496 e. The Hall–Kier alpha value is -2.54. The van der Waals surface area contributed by atoms with E-state index in [0.717, 1.165) is 18.1 Å². The predicted octanol–water partition coefficient (Wildman–Crippen LogP) is 6.43. The molecule has 1 aromatic carbocycles. The number of aliphatic hydroxyl groups is 1. The summed E-state index contributed by atoms with van der Waals surface area (Å²) in [4.78, 5) is 3.03. The van der Waals surface area contributed by atoms with Gasteiger partial charge in [0.2, 0.25) is 0 Å². The SMILES string of the molecule is COc1cc(F)ccc1C(C)(C)CC(O)(Cc1cc2c([nH]1)C=CC(C)CC=C2)C(F)(F)F. The van der Waals surface area contributed by atoms with Crippen molar-refractivity contribution in [3.8, 4) is 5.75 Å². The topological polar surface area (TPSA) is 45.2 Å². The highest BCUT2D eigenvalue weighted by Gasteiger charge is 2.56. The summed E-state index contributed by atoms with van der Waals surface area (Å²) in [5, 5.41) is 10.9. The number of hydrogen-bond acceptors (Lipinski definition) is 2. The van der Waals surface area contributed by atoms with Crippen molar-refractivity contribution in [2.75, 3.05) is 7.11 Å². The molecule has 1 aliphatic rings. The third-order valence-electron chi connectivity index (χ3n) is 5.97. The van der Waals surface area contributed by atoms with E-state index in [1.807, 2.05) is 24.3 Å². The molecule has 0 amide bonds. The van der Waals surface area contributed by atoms with Gasteiger partial charge in [0, 0.05) is 29.4 Å². The predicted molar refractivity (Wildman–Crippen MR) is 118 cm³/mol. The number of benzene rings is 1. The molecule has 0 saturated heterocycles. The zero-order valence-electron chi connectivity index (χ0n) is 18.7. The van der Waals surface area contributed by atoms with Crippen LogP contribution in [0.3, 0.4) is 0 Å². The van der Waals surface area contributed by atoms with Gasteiger partial charge in [0.1, 0.15) is 11.6 Å². The second-order valence-electron chi connectivity index (χ2n) is 9.25. The third kappa shape index (κ3) is 5.09. The molecule has 174 valence electrons. The molecule has 32 heavy (non-hydrogen) atoms. The van der Waals surface area contributed by atoms with Crippen LogP contribution >= 0.6 is 0 Å². The number of methoxy groups -OCH3 is 1. The minimum atomic E-state index is -4.88. The van der Waals surface area contributed by atoms with Gasteiger partial charge in [-0.25, -0.2) is 4.39 Å². The van der Waals surface area contributed by atoms with E-state index in [-0.39, 0.29) is 5.75 Å². The monoisotopic (exact) mass is 451 g/mol. The molecule has 2 N–H and O–H groups in total. The molecule has 3 rings (SSSR count). The van der Waals surface area contributed by atoms with E-state index in [1.54, 1.807) is 19.9 Å². The number of H-pyrrole nitrogens is 1. The van der Waals surface area contributed by atoms with Crippen LogP contribution in [0.4, 0.5) is 17.6 Å². The number of hydrogen-bond donors (Lipinski definition) is 2. The van der Waals surface area contributed by atoms with Gasteiger partial charge in [-0.3, -0.25) is 0 Å². The van der Waals surface area contributed by atoms with Crippen LogP contribution in [0.25, 0.3) is 12.2 Å². The number of fused-ring (bicyclic) bond motifs is 1. The van der Waals surface area contributed by atoms with Gasteiger partial charge in [-0.2, -0.15) is 13.2 Å². The van der Waals surface area contributed by atoms with E-state index in [0.29, 0.717) is 22.9 Å². The van der Waals surface area contributed by atoms with Crippen LogP contribution in [0.2, 0.25) is 0 Å². The highest BCUT2D eigenvalue weighted by molar-refractivity contribution is 5.65. The Morgan fingerprint density at radius 2 is 1.88 bits per heavy atom. The fourth-order valence-electron chi connectivity index (χ4n) is 4.29. The van der Waals surface area contributed by atoms with Gasteiger partial charge >= 0.3 is 6.18 Å². The van der Waals surface area contributed by atoms with Gasteiger partial charge in [0.25, 0.3) is 0 Å². The molecule has 0 radical (unpaired) electrons. The molecule has 1 aliphatic carbocycles. The Morgan fingerprint density at radius 3 is 2.53 bits per heavy atom. The standard InChI is InChI=1S/C25H29F4NO2/c1-16-6-5-7-17-12-19(30-21(17)11-8-16)14-24(31,25(27,28)29)15-23(2,3)20-10-9-18(26)13-22(20)32-4/h5,7-13,16,30-31H,6,14-15H2,1-4H3. The summed E-state index contributed by atoms with van der Waals surface area (Å²) in [5.41, 5.74) is -1.97. The Bertz CT molecular complexity index is 1020. The number of nitrogens with one attached hydrogen (secondary N) is 1. The number of alkyl halides is 3. The summed E-state index contributed by atoms with van der Waals surface area (Å²) in [6.45, 7) is 5.23. The van der Waals surface area contributed by atoms with Crippen molar-refractivity contribution in [2.24, 2.45) is 5.92 Å². The van der Waals surface area contributed by atoms with Crippen LogP contribution in [-0.2, 0) is 11.8 Å². The zero-order chi connectivity index (χ0) is 23.7. The summed E-state index contributed by atoms with van der Waals surface area (Å²) in [6, 6.07) is 5.36. The maximum absolute atomic E-state index is 14.2. The first kappa shape index (κ1) is 24.1. The lowest BCUT2D eigenvalue weighted by molar-refractivity contribution is -0.266. The van der Waals surface area contributed by atoms with E-state index in [9.17, 15) is 22.7 Å². The molecule has 2 atom stereocenters. The highest BCUT2D eigenvalue weighted by atomic mass is 19.4. The van der Waals surface area contributed by atoms with Crippen molar-refractivity contribution < 1.29 is 27.4 Å². The highest BCUT2D eigenvalue weighted by Crippen LogP contribution is 2.45. The van der Waals surface area contributed by atoms with Crippen molar-refractivity contribution in [1.82, 2.24) is 4.98 Å². The molecule has 0 spiro atoms. The number of aromatic nitrogens is 1. The summed E-state index contributed by atoms with van der Waals surface area (Å²) < 4.78 is 61.3. The molecular weight excluding hydrogens is 422 g/mol. The molecule has 1 heterocycles. The van der Waals surface area contributed by atoms with Crippen LogP contribution in [-0.4, -0.2) is 29.0 Å². The first-order valence-corrected chi connectivity index (χ1v) is 10.5. The summed E-state index contributed by atoms with van der Waals surface area (Å²) >= 11 is 0. The minimum Gasteiger partial charge on any atom is -0.496 e. The summed E-state index contributed by atoms with van der Waals surface area (Å²) in [6.07, 6.45) is 2.45. The second kappa shape index (κ2) is 8.77. The van der Waals surface area contributed by atoms with Crippen LogP contribution in [0, 0.1) is 11.7 Å². The molecule has 3 nitrogen and oxygen atoms in total. The first-order valence-electron chi connectivity index (χ1n) is 10.5. The Balaban J connectivity index is 1.95. The molecule has 0 aliphatic heterocycles. The van der Waals surface area contributed by atoms with E-state index in [1.165, 1.54) is 19.2 Å². The van der Waals surface area contributed by atoms with Gasteiger partial charge in [0.15, 0.2) is 5.60 Å². The van der Waals surface area contributed by atoms with Crippen LogP contribution in [0.1, 0.15) is 56.1 Å². The van der Waals surface area contributed by atoms with Crippen LogP contribution < -0.4 is 4.74 Å². The fourth-order valence-corrected chi connectivity index (χ4v) is 4.29. The minimum absolute atomic E-state index is 0.145. The molecule has 7 heteroatoms. The van der Waals surface area contributed by atoms with Gasteiger partial charge in [0.05, 0.1) is 7.11 Å². The average molecular weight is 452 g/mol. The van der Waals surface area contributed by atoms with E-state index >= 15 is 0 Å². The summed E-state index contributed by atoms with van der Waals surface area (Å²) in [7, 11) is 1.33. The maximum Gasteiger partial charge on any atom is 0.417 e. The smallest absolute Gasteiger partial charge is 0.417 e. The zero-order valence-corrected chi connectivity index (χ0v) is 18.7. The lowest BCUT2D eigenvalue weighted by Crippen LogP contribution is -2.51. The van der Waals surface area contributed by atoms with Crippen molar-refractivity contribution in [3.05, 3.63) is 64.7 Å². The molecule has 2 aromatic rings. The maximum atomic E-state index is 14.2. The van der Waals surface area contributed by atoms with Gasteiger partial charge in [-0.15, -0.1) is 0 Å². The number of aromatic amines is 1. The fraction of sp³-hybridized carbons (Fsp3) is 0.440. The van der Waals surface area contributed by atoms with Gasteiger partial charge < -0.3 is 14.8 Å². The van der Waals surface area contributed by atoms with Crippen LogP contribution in [0.5, 0.6) is 5.75 Å². The third-order valence-corrected chi connectivity index (χ3v) is 5.97. The van der Waals surface area contributed by atoms with Crippen molar-refractivity contribution in [1.29, 1.82) is 0 Å². The lowest BCUT2D eigenvalue weighted by atomic mass is 9.73. The van der Waals surface area contributed by atoms with Crippen molar-refractivity contribution >= 4 is 12.2 Å². The van der Waals surface area contributed by atoms with Gasteiger partial charge in [-0.1, -0.05) is 45.1 Å². The van der Waals surface area contributed by atoms with Crippen molar-refractivity contribution in [2.45, 2.75) is 57.2 Å². The average Bonchev–Trinajstić information content (AvgIpc) is 3.03. The molecule has 2 unspecified atom stereocenters. The molecule has 1 aromatic heterocycles.